The van der Waals surface area contributed by atoms with Crippen LogP contribution in [0.25, 0.3) is 0 Å². The van der Waals surface area contributed by atoms with Crippen molar-refractivity contribution in [2.75, 3.05) is 26.3 Å². The molecule has 0 unspecified atom stereocenters. The lowest BCUT2D eigenvalue weighted by atomic mass is 10.1. The fourth-order valence-electron chi connectivity index (χ4n) is 2.13. The van der Waals surface area contributed by atoms with E-state index in [1.165, 1.54) is 6.07 Å². The molecule has 1 aromatic rings. The van der Waals surface area contributed by atoms with Crippen LogP contribution in [0.15, 0.2) is 18.2 Å². The SMILES string of the molecule is CCOCC(=O)N1CCC(Oc2cccc(F)n2)CC1. The molecule has 1 amide bonds. The summed E-state index contributed by atoms with van der Waals surface area (Å²) < 4.78 is 23.7. The van der Waals surface area contributed by atoms with Gasteiger partial charge in [-0.05, 0) is 13.0 Å². The quantitative estimate of drug-likeness (QED) is 0.770. The molecular weight excluding hydrogens is 263 g/mol. The highest BCUT2D eigenvalue weighted by Crippen LogP contribution is 2.17. The summed E-state index contributed by atoms with van der Waals surface area (Å²) in [4.78, 5) is 17.2. The molecule has 0 N–H and O–H groups in total. The Labute approximate surface area is 117 Å². The molecule has 0 atom stereocenters. The zero-order chi connectivity index (χ0) is 14.4. The number of aromatic nitrogens is 1. The van der Waals surface area contributed by atoms with E-state index in [2.05, 4.69) is 4.98 Å². The molecule has 6 heteroatoms. The third kappa shape index (κ3) is 4.16. The monoisotopic (exact) mass is 282 g/mol. The maximum Gasteiger partial charge on any atom is 0.248 e. The molecule has 20 heavy (non-hydrogen) atoms. The average molecular weight is 282 g/mol. The van der Waals surface area contributed by atoms with Crippen LogP contribution in [0.5, 0.6) is 5.88 Å². The van der Waals surface area contributed by atoms with Crippen LogP contribution in [-0.4, -0.2) is 48.2 Å². The number of amides is 1. The predicted molar refractivity (Wildman–Crippen MR) is 70.9 cm³/mol. The number of carbonyl (C=O) groups excluding carboxylic acids is 1. The number of hydrogen-bond acceptors (Lipinski definition) is 4. The number of likely N-dealkylation sites (tertiary alicyclic amines) is 1. The van der Waals surface area contributed by atoms with Crippen LogP contribution < -0.4 is 4.74 Å². The van der Waals surface area contributed by atoms with Crippen LogP contribution in [0.2, 0.25) is 0 Å². The lowest BCUT2D eigenvalue weighted by molar-refractivity contribution is -0.137. The molecule has 0 aromatic carbocycles. The topological polar surface area (TPSA) is 51.7 Å². The average Bonchev–Trinajstić information content (AvgIpc) is 2.45. The molecule has 1 aliphatic heterocycles. The third-order valence-corrected chi connectivity index (χ3v) is 3.20. The van der Waals surface area contributed by atoms with Crippen LogP contribution in [0.1, 0.15) is 19.8 Å². The van der Waals surface area contributed by atoms with E-state index in [9.17, 15) is 9.18 Å². The molecule has 0 aliphatic carbocycles. The zero-order valence-electron chi connectivity index (χ0n) is 11.5. The van der Waals surface area contributed by atoms with Crippen molar-refractivity contribution in [1.29, 1.82) is 0 Å². The normalized spacial score (nSPS) is 16.2. The largest absolute Gasteiger partial charge is 0.474 e. The standard InChI is InChI=1S/C14H19FN2O3/c1-2-19-10-14(18)17-8-6-11(7-9-17)20-13-5-3-4-12(15)16-13/h3-5,11H,2,6-10H2,1H3. The van der Waals surface area contributed by atoms with Crippen molar-refractivity contribution < 1.29 is 18.7 Å². The Morgan fingerprint density at radius 3 is 2.85 bits per heavy atom. The fraction of sp³-hybridized carbons (Fsp3) is 0.571. The molecule has 110 valence electrons. The van der Waals surface area contributed by atoms with Crippen molar-refractivity contribution in [2.45, 2.75) is 25.9 Å². The van der Waals surface area contributed by atoms with Gasteiger partial charge in [-0.2, -0.15) is 9.37 Å². The molecule has 2 rings (SSSR count). The lowest BCUT2D eigenvalue weighted by Crippen LogP contribution is -2.43. The van der Waals surface area contributed by atoms with Crippen molar-refractivity contribution in [1.82, 2.24) is 9.88 Å². The van der Waals surface area contributed by atoms with E-state index in [-0.39, 0.29) is 18.6 Å². The Morgan fingerprint density at radius 1 is 1.45 bits per heavy atom. The van der Waals surface area contributed by atoms with Gasteiger partial charge in [-0.25, -0.2) is 0 Å². The molecule has 1 fully saturated rings. The first-order valence-electron chi connectivity index (χ1n) is 6.83. The molecule has 1 aromatic heterocycles. The fourth-order valence-corrected chi connectivity index (χ4v) is 2.13. The molecule has 0 saturated carbocycles. The highest BCUT2D eigenvalue weighted by Gasteiger charge is 2.24. The van der Waals surface area contributed by atoms with Crippen molar-refractivity contribution in [3.63, 3.8) is 0 Å². The van der Waals surface area contributed by atoms with Crippen molar-refractivity contribution in [2.24, 2.45) is 0 Å². The van der Waals surface area contributed by atoms with Crippen LogP contribution >= 0.6 is 0 Å². The first-order chi connectivity index (χ1) is 9.69. The molecule has 0 bridgehead atoms. The summed E-state index contributed by atoms with van der Waals surface area (Å²) in [7, 11) is 0. The van der Waals surface area contributed by atoms with Crippen LogP contribution in [0.3, 0.4) is 0 Å². The summed E-state index contributed by atoms with van der Waals surface area (Å²) in [6, 6.07) is 4.48. The van der Waals surface area contributed by atoms with E-state index in [1.807, 2.05) is 6.92 Å². The van der Waals surface area contributed by atoms with Gasteiger partial charge in [-0.1, -0.05) is 6.07 Å². The van der Waals surface area contributed by atoms with E-state index in [4.69, 9.17) is 9.47 Å². The summed E-state index contributed by atoms with van der Waals surface area (Å²) in [6.07, 6.45) is 1.41. The number of halogens is 1. The zero-order valence-corrected chi connectivity index (χ0v) is 11.5. The van der Waals surface area contributed by atoms with Gasteiger partial charge in [-0.15, -0.1) is 0 Å². The maximum atomic E-state index is 12.9. The van der Waals surface area contributed by atoms with Crippen molar-refractivity contribution >= 4 is 5.91 Å². The molecule has 2 heterocycles. The number of piperidine rings is 1. The second-order valence-electron chi connectivity index (χ2n) is 4.63. The van der Waals surface area contributed by atoms with Gasteiger partial charge in [0.05, 0.1) is 0 Å². The predicted octanol–water partition coefficient (Wildman–Crippen LogP) is 1.63. The van der Waals surface area contributed by atoms with E-state index >= 15 is 0 Å². The second kappa shape index (κ2) is 7.19. The lowest BCUT2D eigenvalue weighted by Gasteiger charge is -2.31. The highest BCUT2D eigenvalue weighted by atomic mass is 19.1. The minimum Gasteiger partial charge on any atom is -0.474 e. The Morgan fingerprint density at radius 2 is 2.20 bits per heavy atom. The number of nitrogens with zero attached hydrogens (tertiary/aromatic N) is 2. The number of pyridine rings is 1. The van der Waals surface area contributed by atoms with E-state index < -0.39 is 5.95 Å². The Hall–Kier alpha value is -1.69. The number of hydrogen-bond donors (Lipinski definition) is 0. The van der Waals surface area contributed by atoms with Crippen LogP contribution in [0, 0.1) is 5.95 Å². The van der Waals surface area contributed by atoms with Gasteiger partial charge in [0.1, 0.15) is 12.7 Å². The minimum atomic E-state index is -0.549. The van der Waals surface area contributed by atoms with Gasteiger partial charge in [0.2, 0.25) is 17.7 Å². The number of carbonyl (C=O) groups is 1. The van der Waals surface area contributed by atoms with E-state index in [0.29, 0.717) is 25.6 Å². The van der Waals surface area contributed by atoms with Crippen LogP contribution in [0.4, 0.5) is 4.39 Å². The molecule has 1 saturated heterocycles. The van der Waals surface area contributed by atoms with Crippen molar-refractivity contribution in [3.05, 3.63) is 24.1 Å². The molecule has 1 aliphatic rings. The molecule has 0 spiro atoms. The molecule has 0 radical (unpaired) electrons. The molecular formula is C14H19FN2O3. The smallest absolute Gasteiger partial charge is 0.248 e. The Balaban J connectivity index is 1.78. The first-order valence-corrected chi connectivity index (χ1v) is 6.83. The second-order valence-corrected chi connectivity index (χ2v) is 4.63. The minimum absolute atomic E-state index is 0.00850. The Bertz CT molecular complexity index is 448. The number of rotatable bonds is 5. The molecule has 5 nitrogen and oxygen atoms in total. The number of ether oxygens (including phenoxy) is 2. The van der Waals surface area contributed by atoms with E-state index in [0.717, 1.165) is 12.8 Å². The summed E-state index contributed by atoms with van der Waals surface area (Å²) in [6.45, 7) is 3.79. The van der Waals surface area contributed by atoms with E-state index in [1.54, 1.807) is 17.0 Å². The highest BCUT2D eigenvalue weighted by molar-refractivity contribution is 5.77. The van der Waals surface area contributed by atoms with Gasteiger partial charge in [0.25, 0.3) is 0 Å². The maximum absolute atomic E-state index is 12.9. The Kier molecular flexibility index (Phi) is 5.29. The van der Waals surface area contributed by atoms with Crippen molar-refractivity contribution in [3.8, 4) is 5.88 Å². The van der Waals surface area contributed by atoms with Gasteiger partial charge < -0.3 is 14.4 Å². The van der Waals surface area contributed by atoms with Gasteiger partial charge in [0, 0.05) is 38.6 Å². The first kappa shape index (κ1) is 14.7. The van der Waals surface area contributed by atoms with Gasteiger partial charge in [-0.3, -0.25) is 4.79 Å². The van der Waals surface area contributed by atoms with Gasteiger partial charge in [0.15, 0.2) is 0 Å². The summed E-state index contributed by atoms with van der Waals surface area (Å²) >= 11 is 0. The summed E-state index contributed by atoms with van der Waals surface area (Å²) in [5.74, 6) is -0.245. The summed E-state index contributed by atoms with van der Waals surface area (Å²) in [5.41, 5.74) is 0. The van der Waals surface area contributed by atoms with Crippen LogP contribution in [-0.2, 0) is 9.53 Å². The van der Waals surface area contributed by atoms with Gasteiger partial charge >= 0.3 is 0 Å². The summed E-state index contributed by atoms with van der Waals surface area (Å²) in [5, 5.41) is 0. The third-order valence-electron chi connectivity index (χ3n) is 3.20.